The Balaban J connectivity index is 0.00000300. The van der Waals surface area contributed by atoms with Gasteiger partial charge in [-0.3, -0.25) is 14.7 Å². The smallest absolute Gasteiger partial charge is 0.225 e. The van der Waals surface area contributed by atoms with Crippen molar-refractivity contribution in [1.29, 1.82) is 0 Å². The zero-order valence-corrected chi connectivity index (χ0v) is 19.7. The number of guanidine groups is 1. The van der Waals surface area contributed by atoms with Gasteiger partial charge in [-0.15, -0.1) is 24.0 Å². The van der Waals surface area contributed by atoms with E-state index in [0.29, 0.717) is 23.9 Å². The van der Waals surface area contributed by atoms with Crippen molar-refractivity contribution < 1.29 is 9.18 Å². The highest BCUT2D eigenvalue weighted by molar-refractivity contribution is 14.0. The SMILES string of the molecule is CN=C(NCCN1CCN(C(=O)C2CCC2)CC1)NCc1ccc(F)c(C)c1.I. The zero-order chi connectivity index (χ0) is 19.9. The third kappa shape index (κ3) is 6.80. The Kier molecular flexibility index (Phi) is 9.61. The Morgan fingerprint density at radius 2 is 1.93 bits per heavy atom. The Bertz CT molecular complexity index is 702. The fourth-order valence-electron chi connectivity index (χ4n) is 3.66. The predicted octanol–water partition coefficient (Wildman–Crippen LogP) is 2.36. The molecule has 0 atom stereocenters. The molecular formula is C21H33FIN5O. The lowest BCUT2D eigenvalue weighted by Gasteiger charge is -2.38. The van der Waals surface area contributed by atoms with Crippen molar-refractivity contribution in [1.82, 2.24) is 20.4 Å². The number of aliphatic imine (C=N–C) groups is 1. The van der Waals surface area contributed by atoms with Crippen LogP contribution < -0.4 is 10.6 Å². The van der Waals surface area contributed by atoms with Gasteiger partial charge in [0.25, 0.3) is 0 Å². The number of nitrogens with one attached hydrogen (secondary N) is 2. The highest BCUT2D eigenvalue weighted by Gasteiger charge is 2.30. The molecule has 1 saturated carbocycles. The average molecular weight is 517 g/mol. The molecule has 1 aliphatic carbocycles. The van der Waals surface area contributed by atoms with Gasteiger partial charge in [0.05, 0.1) is 0 Å². The molecule has 1 aromatic rings. The minimum atomic E-state index is -0.180. The van der Waals surface area contributed by atoms with Gasteiger partial charge in [-0.05, 0) is 37.0 Å². The molecule has 1 amide bonds. The second-order valence-corrected chi connectivity index (χ2v) is 7.73. The van der Waals surface area contributed by atoms with Crippen LogP contribution in [0.25, 0.3) is 0 Å². The van der Waals surface area contributed by atoms with Gasteiger partial charge in [-0.2, -0.15) is 0 Å². The maximum atomic E-state index is 13.4. The number of rotatable bonds is 6. The maximum Gasteiger partial charge on any atom is 0.225 e. The molecule has 6 nitrogen and oxygen atoms in total. The van der Waals surface area contributed by atoms with Gasteiger partial charge in [0, 0.05) is 58.8 Å². The number of hydrogen-bond acceptors (Lipinski definition) is 3. The van der Waals surface area contributed by atoms with E-state index in [1.165, 1.54) is 12.5 Å². The number of carbonyl (C=O) groups is 1. The quantitative estimate of drug-likeness (QED) is 0.346. The lowest BCUT2D eigenvalue weighted by atomic mass is 9.84. The van der Waals surface area contributed by atoms with Crippen molar-refractivity contribution >= 4 is 35.8 Å². The van der Waals surface area contributed by atoms with Crippen LogP contribution in [0.4, 0.5) is 4.39 Å². The average Bonchev–Trinajstić information content (AvgIpc) is 2.66. The molecule has 0 bridgehead atoms. The summed E-state index contributed by atoms with van der Waals surface area (Å²) in [5.41, 5.74) is 1.67. The number of halogens is 2. The molecular weight excluding hydrogens is 484 g/mol. The summed E-state index contributed by atoms with van der Waals surface area (Å²) in [5.74, 6) is 1.22. The standard InChI is InChI=1S/C21H32FN5O.HI/c1-16-14-17(6-7-19(16)22)15-25-21(23-2)24-8-9-26-10-12-27(13-11-26)20(28)18-4-3-5-18;/h6-7,14,18H,3-5,8-13,15H2,1-2H3,(H2,23,24,25);1H. The maximum absolute atomic E-state index is 13.4. The Morgan fingerprint density at radius 3 is 2.52 bits per heavy atom. The number of aryl methyl sites for hydroxylation is 1. The molecule has 0 radical (unpaired) electrons. The molecule has 0 spiro atoms. The lowest BCUT2D eigenvalue weighted by Crippen LogP contribution is -2.52. The van der Waals surface area contributed by atoms with E-state index in [9.17, 15) is 9.18 Å². The van der Waals surface area contributed by atoms with E-state index in [4.69, 9.17) is 0 Å². The summed E-state index contributed by atoms with van der Waals surface area (Å²) in [6.07, 6.45) is 3.36. The van der Waals surface area contributed by atoms with Crippen LogP contribution in [-0.2, 0) is 11.3 Å². The molecule has 0 aromatic heterocycles. The zero-order valence-electron chi connectivity index (χ0n) is 17.4. The fraction of sp³-hybridized carbons (Fsp3) is 0.619. The van der Waals surface area contributed by atoms with E-state index in [1.807, 2.05) is 11.0 Å². The fourth-order valence-corrected chi connectivity index (χ4v) is 3.66. The van der Waals surface area contributed by atoms with Crippen molar-refractivity contribution in [3.05, 3.63) is 35.1 Å². The van der Waals surface area contributed by atoms with Crippen molar-refractivity contribution in [2.75, 3.05) is 46.3 Å². The number of carbonyl (C=O) groups excluding carboxylic acids is 1. The van der Waals surface area contributed by atoms with E-state index < -0.39 is 0 Å². The number of amides is 1. The van der Waals surface area contributed by atoms with Crippen LogP contribution in [0.1, 0.15) is 30.4 Å². The van der Waals surface area contributed by atoms with Crippen LogP contribution in [-0.4, -0.2) is 68.0 Å². The highest BCUT2D eigenvalue weighted by atomic mass is 127. The largest absolute Gasteiger partial charge is 0.355 e. The summed E-state index contributed by atoms with van der Waals surface area (Å²) in [5, 5.41) is 6.59. The third-order valence-corrected chi connectivity index (χ3v) is 5.76. The molecule has 1 aromatic carbocycles. The molecule has 2 aliphatic rings. The van der Waals surface area contributed by atoms with E-state index in [1.54, 1.807) is 20.0 Å². The van der Waals surface area contributed by atoms with Crippen molar-refractivity contribution in [3.63, 3.8) is 0 Å². The summed E-state index contributed by atoms with van der Waals surface area (Å²) in [6.45, 7) is 7.62. The topological polar surface area (TPSA) is 60.0 Å². The van der Waals surface area contributed by atoms with Crippen molar-refractivity contribution in [2.45, 2.75) is 32.7 Å². The monoisotopic (exact) mass is 517 g/mol. The number of benzene rings is 1. The van der Waals surface area contributed by atoms with Crippen molar-refractivity contribution in [3.8, 4) is 0 Å². The van der Waals surface area contributed by atoms with Crippen LogP contribution in [0.15, 0.2) is 23.2 Å². The van der Waals surface area contributed by atoms with E-state index in [-0.39, 0.29) is 29.8 Å². The van der Waals surface area contributed by atoms with Gasteiger partial charge in [0.2, 0.25) is 5.91 Å². The summed E-state index contributed by atoms with van der Waals surface area (Å²) >= 11 is 0. The molecule has 0 unspecified atom stereocenters. The normalized spacial score (nSPS) is 18.0. The Morgan fingerprint density at radius 1 is 1.21 bits per heavy atom. The molecule has 1 aliphatic heterocycles. The van der Waals surface area contributed by atoms with Gasteiger partial charge < -0.3 is 15.5 Å². The van der Waals surface area contributed by atoms with Gasteiger partial charge in [0.15, 0.2) is 5.96 Å². The van der Waals surface area contributed by atoms with Gasteiger partial charge in [-0.1, -0.05) is 18.6 Å². The third-order valence-electron chi connectivity index (χ3n) is 5.76. The molecule has 162 valence electrons. The number of piperazine rings is 1. The molecule has 1 saturated heterocycles. The van der Waals surface area contributed by atoms with Crippen LogP contribution in [0.5, 0.6) is 0 Å². The second-order valence-electron chi connectivity index (χ2n) is 7.73. The molecule has 2 N–H and O–H groups in total. The lowest BCUT2D eigenvalue weighted by molar-refractivity contribution is -0.139. The van der Waals surface area contributed by atoms with Gasteiger partial charge >= 0.3 is 0 Å². The molecule has 29 heavy (non-hydrogen) atoms. The number of nitrogens with zero attached hydrogens (tertiary/aromatic N) is 3. The molecule has 8 heteroatoms. The summed E-state index contributed by atoms with van der Waals surface area (Å²) < 4.78 is 13.4. The van der Waals surface area contributed by atoms with Gasteiger partial charge in [-0.25, -0.2) is 4.39 Å². The number of hydrogen-bond donors (Lipinski definition) is 2. The van der Waals surface area contributed by atoms with Crippen LogP contribution in [0.2, 0.25) is 0 Å². The minimum Gasteiger partial charge on any atom is -0.355 e. The van der Waals surface area contributed by atoms with Gasteiger partial charge in [0.1, 0.15) is 5.82 Å². The van der Waals surface area contributed by atoms with Crippen LogP contribution in [0.3, 0.4) is 0 Å². The van der Waals surface area contributed by atoms with E-state index in [0.717, 1.165) is 63.6 Å². The Hall–Kier alpha value is -1.42. The predicted molar refractivity (Wildman–Crippen MR) is 125 cm³/mol. The molecule has 3 rings (SSSR count). The summed E-state index contributed by atoms with van der Waals surface area (Å²) in [4.78, 5) is 21.0. The first-order valence-corrected chi connectivity index (χ1v) is 10.3. The van der Waals surface area contributed by atoms with Crippen LogP contribution in [0, 0.1) is 18.7 Å². The summed E-state index contributed by atoms with van der Waals surface area (Å²) in [6, 6.07) is 5.13. The first kappa shape index (κ1) is 23.9. The second kappa shape index (κ2) is 11.7. The van der Waals surface area contributed by atoms with E-state index in [2.05, 4.69) is 20.5 Å². The Labute approximate surface area is 190 Å². The molecule has 1 heterocycles. The van der Waals surface area contributed by atoms with Crippen molar-refractivity contribution in [2.24, 2.45) is 10.9 Å². The first-order valence-electron chi connectivity index (χ1n) is 10.3. The molecule has 2 fully saturated rings. The van der Waals surface area contributed by atoms with Crippen LogP contribution >= 0.6 is 24.0 Å². The summed E-state index contributed by atoms with van der Waals surface area (Å²) in [7, 11) is 1.75. The highest BCUT2D eigenvalue weighted by Crippen LogP contribution is 2.28. The minimum absolute atomic E-state index is 0. The first-order chi connectivity index (χ1) is 13.6. The van der Waals surface area contributed by atoms with E-state index >= 15 is 0 Å².